The minimum atomic E-state index is 0.531. The Hall–Kier alpha value is -1.50. The van der Waals surface area contributed by atoms with Gasteiger partial charge in [0, 0.05) is 11.9 Å². The molecule has 1 N–H and O–H groups in total. The first-order chi connectivity index (χ1) is 8.00. The minimum Gasteiger partial charge on any atom is -0.361 e. The van der Waals surface area contributed by atoms with E-state index in [9.17, 15) is 0 Å². The number of hydrogen-bond donors (Lipinski definition) is 1. The van der Waals surface area contributed by atoms with E-state index in [0.717, 1.165) is 6.42 Å². The van der Waals surface area contributed by atoms with Gasteiger partial charge in [-0.1, -0.05) is 25.1 Å². The van der Waals surface area contributed by atoms with E-state index < -0.39 is 0 Å². The van der Waals surface area contributed by atoms with E-state index in [4.69, 9.17) is 0 Å². The summed E-state index contributed by atoms with van der Waals surface area (Å²) >= 11 is 0. The van der Waals surface area contributed by atoms with Crippen LogP contribution in [0.15, 0.2) is 30.5 Å². The maximum absolute atomic E-state index is 4.05. The molecule has 1 heterocycles. The van der Waals surface area contributed by atoms with E-state index >= 15 is 0 Å². The Labute approximate surface area is 104 Å². The van der Waals surface area contributed by atoms with Crippen molar-refractivity contribution in [3.05, 3.63) is 47.2 Å². The molecule has 2 bridgehead atoms. The van der Waals surface area contributed by atoms with Crippen LogP contribution in [-0.2, 0) is 0 Å². The third-order valence-corrected chi connectivity index (χ3v) is 3.76. The average Bonchev–Trinajstić information content (AvgIpc) is 2.25. The molecule has 1 nitrogen and oxygen atoms in total. The van der Waals surface area contributed by atoms with Crippen LogP contribution in [0.2, 0.25) is 0 Å². The summed E-state index contributed by atoms with van der Waals surface area (Å²) in [6.45, 7) is 12.8. The molecule has 1 atom stereocenters. The van der Waals surface area contributed by atoms with E-state index in [2.05, 4.69) is 57.9 Å². The maximum Gasteiger partial charge on any atom is 0.0415 e. The van der Waals surface area contributed by atoms with Crippen molar-refractivity contribution in [1.82, 2.24) is 0 Å². The van der Waals surface area contributed by atoms with Crippen molar-refractivity contribution in [2.75, 3.05) is 5.32 Å². The first-order valence-electron chi connectivity index (χ1n) is 6.22. The molecule has 1 aliphatic rings. The van der Waals surface area contributed by atoms with Crippen LogP contribution in [0.25, 0.3) is 5.57 Å². The number of hydrogen-bond acceptors (Lipinski definition) is 1. The largest absolute Gasteiger partial charge is 0.361 e. The fourth-order valence-corrected chi connectivity index (χ4v) is 2.40. The van der Waals surface area contributed by atoms with E-state index in [0.29, 0.717) is 5.92 Å². The van der Waals surface area contributed by atoms with E-state index in [1.54, 1.807) is 0 Å². The summed E-state index contributed by atoms with van der Waals surface area (Å²) in [5.74, 6) is 0.531. The van der Waals surface area contributed by atoms with Crippen molar-refractivity contribution in [2.24, 2.45) is 5.92 Å². The molecule has 0 spiro atoms. The standard InChI is InChI=1S/C16H21N/c1-10(2)12(4)8-14-9-17-15-7-6-11(3)16(14)13(15)5/h6-7,9,12,17H,1,8H2,2-5H3. The Morgan fingerprint density at radius 3 is 2.71 bits per heavy atom. The fraction of sp³-hybridized carbons (Fsp3) is 0.375. The van der Waals surface area contributed by atoms with Gasteiger partial charge in [-0.25, -0.2) is 0 Å². The highest BCUT2D eigenvalue weighted by Crippen LogP contribution is 2.36. The Bertz CT molecular complexity index is 494. The van der Waals surface area contributed by atoms with Crippen LogP contribution in [-0.4, -0.2) is 0 Å². The van der Waals surface area contributed by atoms with Crippen molar-refractivity contribution < 1.29 is 0 Å². The lowest BCUT2D eigenvalue weighted by Crippen LogP contribution is -2.08. The second kappa shape index (κ2) is 4.40. The Kier molecular flexibility index (Phi) is 3.10. The van der Waals surface area contributed by atoms with Gasteiger partial charge in [-0.15, -0.1) is 0 Å². The van der Waals surface area contributed by atoms with Gasteiger partial charge in [0.1, 0.15) is 0 Å². The fourth-order valence-electron chi connectivity index (χ4n) is 2.40. The molecule has 0 amide bonds. The van der Waals surface area contributed by atoms with Crippen LogP contribution < -0.4 is 5.32 Å². The number of nitrogens with one attached hydrogen (secondary N) is 1. The van der Waals surface area contributed by atoms with Crippen molar-refractivity contribution in [3.63, 3.8) is 0 Å². The van der Waals surface area contributed by atoms with Gasteiger partial charge < -0.3 is 5.32 Å². The van der Waals surface area contributed by atoms with Gasteiger partial charge in [0.05, 0.1) is 0 Å². The van der Waals surface area contributed by atoms with Crippen LogP contribution >= 0.6 is 0 Å². The van der Waals surface area contributed by atoms with Crippen molar-refractivity contribution in [2.45, 2.75) is 34.1 Å². The zero-order valence-corrected chi connectivity index (χ0v) is 11.2. The molecule has 1 aromatic rings. The van der Waals surface area contributed by atoms with Gasteiger partial charge >= 0.3 is 0 Å². The van der Waals surface area contributed by atoms with Crippen LogP contribution in [0.1, 0.15) is 37.0 Å². The smallest absolute Gasteiger partial charge is 0.0415 e. The highest BCUT2D eigenvalue weighted by Gasteiger charge is 2.17. The van der Waals surface area contributed by atoms with E-state index in [-0.39, 0.29) is 0 Å². The Morgan fingerprint density at radius 1 is 1.35 bits per heavy atom. The Balaban J connectivity index is 2.35. The molecular formula is C16H21N. The molecule has 1 unspecified atom stereocenters. The van der Waals surface area contributed by atoms with Crippen LogP contribution in [0, 0.1) is 19.8 Å². The van der Waals surface area contributed by atoms with Crippen molar-refractivity contribution >= 4 is 11.3 Å². The predicted octanol–water partition coefficient (Wildman–Crippen LogP) is 4.67. The molecule has 0 aromatic heterocycles. The number of anilines is 1. The molecule has 0 fully saturated rings. The van der Waals surface area contributed by atoms with E-state index in [1.165, 1.54) is 33.5 Å². The number of allylic oxidation sites excluding steroid dienone is 2. The van der Waals surface area contributed by atoms with Gasteiger partial charge in [0.15, 0.2) is 0 Å². The number of aryl methyl sites for hydroxylation is 1. The SMILES string of the molecule is C=C(C)C(C)CC1=CNc2ccc(C)c1c2C. The van der Waals surface area contributed by atoms with Gasteiger partial charge in [-0.3, -0.25) is 0 Å². The lowest BCUT2D eigenvalue weighted by Gasteiger charge is -2.24. The lowest BCUT2D eigenvalue weighted by atomic mass is 9.86. The molecule has 0 saturated carbocycles. The summed E-state index contributed by atoms with van der Waals surface area (Å²) in [6, 6.07) is 4.35. The second-order valence-electron chi connectivity index (χ2n) is 5.20. The summed E-state index contributed by atoms with van der Waals surface area (Å²) in [5.41, 5.74) is 8.06. The predicted molar refractivity (Wildman–Crippen MR) is 76.1 cm³/mol. The van der Waals surface area contributed by atoms with Crippen molar-refractivity contribution in [3.8, 4) is 0 Å². The molecule has 90 valence electrons. The molecule has 0 saturated heterocycles. The molecule has 1 heteroatoms. The zero-order valence-electron chi connectivity index (χ0n) is 11.2. The van der Waals surface area contributed by atoms with Gasteiger partial charge in [-0.2, -0.15) is 0 Å². The monoisotopic (exact) mass is 227 g/mol. The van der Waals surface area contributed by atoms with E-state index in [1.807, 2.05) is 0 Å². The first-order valence-corrected chi connectivity index (χ1v) is 6.22. The minimum absolute atomic E-state index is 0.531. The van der Waals surface area contributed by atoms with Gasteiger partial charge in [0.2, 0.25) is 0 Å². The summed E-state index contributed by atoms with van der Waals surface area (Å²) in [4.78, 5) is 0. The summed E-state index contributed by atoms with van der Waals surface area (Å²) in [5, 5.41) is 3.38. The third kappa shape index (κ3) is 2.14. The normalized spacial score (nSPS) is 14.9. The number of rotatable bonds is 3. The molecule has 1 aliphatic heterocycles. The molecule has 0 radical (unpaired) electrons. The molecule has 2 rings (SSSR count). The summed E-state index contributed by atoms with van der Waals surface area (Å²) in [6.07, 6.45) is 3.22. The quantitative estimate of drug-likeness (QED) is 0.740. The van der Waals surface area contributed by atoms with Crippen LogP contribution in [0.3, 0.4) is 0 Å². The molecular weight excluding hydrogens is 206 g/mol. The third-order valence-electron chi connectivity index (χ3n) is 3.76. The highest BCUT2D eigenvalue weighted by molar-refractivity contribution is 5.81. The molecule has 17 heavy (non-hydrogen) atoms. The van der Waals surface area contributed by atoms with Gasteiger partial charge in [0.25, 0.3) is 0 Å². The zero-order chi connectivity index (χ0) is 12.6. The van der Waals surface area contributed by atoms with Gasteiger partial charge in [-0.05, 0) is 61.4 Å². The lowest BCUT2D eigenvalue weighted by molar-refractivity contribution is 0.706. The summed E-state index contributed by atoms with van der Waals surface area (Å²) < 4.78 is 0. The topological polar surface area (TPSA) is 12.0 Å². The maximum atomic E-state index is 4.05. The number of benzene rings is 1. The van der Waals surface area contributed by atoms with Crippen molar-refractivity contribution in [1.29, 1.82) is 0 Å². The first kappa shape index (κ1) is 12.0. The average molecular weight is 227 g/mol. The number of fused-ring (bicyclic) bond motifs is 2. The van der Waals surface area contributed by atoms with Crippen LogP contribution in [0.4, 0.5) is 5.69 Å². The molecule has 0 aliphatic carbocycles. The second-order valence-corrected chi connectivity index (χ2v) is 5.20. The Morgan fingerprint density at radius 2 is 2.06 bits per heavy atom. The van der Waals surface area contributed by atoms with Crippen LogP contribution in [0.5, 0.6) is 0 Å². The highest BCUT2D eigenvalue weighted by atomic mass is 14.9. The summed E-state index contributed by atoms with van der Waals surface area (Å²) in [7, 11) is 0. The molecule has 1 aromatic carbocycles.